The van der Waals surface area contributed by atoms with Crippen LogP contribution in [0.4, 0.5) is 0 Å². The highest BCUT2D eigenvalue weighted by atomic mass is 16.5. The predicted molar refractivity (Wildman–Crippen MR) is 68.7 cm³/mol. The molecule has 1 atom stereocenters. The van der Waals surface area contributed by atoms with Gasteiger partial charge in [-0.05, 0) is 6.92 Å². The third-order valence-corrected chi connectivity index (χ3v) is 3.39. The SMILES string of the molecule is CC1CN=C(NCC2(OCCO)CCOCC2)N1. The molecule has 0 aromatic heterocycles. The summed E-state index contributed by atoms with van der Waals surface area (Å²) >= 11 is 0. The third-order valence-electron chi connectivity index (χ3n) is 3.39. The number of ether oxygens (including phenoxy) is 2. The number of hydrogen-bond acceptors (Lipinski definition) is 6. The third kappa shape index (κ3) is 3.57. The normalized spacial score (nSPS) is 26.6. The molecule has 0 amide bonds. The van der Waals surface area contributed by atoms with Crippen LogP contribution in [0.15, 0.2) is 4.99 Å². The number of rotatable bonds is 5. The lowest BCUT2D eigenvalue weighted by atomic mass is 9.94. The van der Waals surface area contributed by atoms with Crippen LogP contribution >= 0.6 is 0 Å². The number of guanidine groups is 1. The van der Waals surface area contributed by atoms with Gasteiger partial charge in [-0.1, -0.05) is 0 Å². The summed E-state index contributed by atoms with van der Waals surface area (Å²) in [4.78, 5) is 4.37. The van der Waals surface area contributed by atoms with Crippen LogP contribution in [0, 0.1) is 0 Å². The first-order valence-corrected chi connectivity index (χ1v) is 6.61. The summed E-state index contributed by atoms with van der Waals surface area (Å²) in [6.07, 6.45) is 1.70. The number of aliphatic imine (C=N–C) groups is 1. The first kappa shape index (κ1) is 13.6. The van der Waals surface area contributed by atoms with E-state index >= 15 is 0 Å². The molecule has 0 saturated carbocycles. The average molecular weight is 257 g/mol. The second kappa shape index (κ2) is 6.36. The summed E-state index contributed by atoms with van der Waals surface area (Å²) in [6.45, 7) is 5.47. The van der Waals surface area contributed by atoms with Gasteiger partial charge in [0, 0.05) is 38.6 Å². The zero-order chi connectivity index (χ0) is 12.8. The second-order valence-electron chi connectivity index (χ2n) is 4.96. The maximum Gasteiger partial charge on any atom is 0.191 e. The minimum Gasteiger partial charge on any atom is -0.394 e. The van der Waals surface area contributed by atoms with Gasteiger partial charge in [0.1, 0.15) is 0 Å². The van der Waals surface area contributed by atoms with Gasteiger partial charge < -0.3 is 25.2 Å². The van der Waals surface area contributed by atoms with Gasteiger partial charge in [0.05, 0.1) is 25.4 Å². The Morgan fingerprint density at radius 1 is 1.56 bits per heavy atom. The Morgan fingerprint density at radius 3 is 2.94 bits per heavy atom. The Morgan fingerprint density at radius 2 is 2.33 bits per heavy atom. The number of aliphatic hydroxyl groups is 1. The van der Waals surface area contributed by atoms with Crippen molar-refractivity contribution in [1.29, 1.82) is 0 Å². The van der Waals surface area contributed by atoms with Crippen molar-refractivity contribution in [1.82, 2.24) is 10.6 Å². The fourth-order valence-corrected chi connectivity index (χ4v) is 2.28. The summed E-state index contributed by atoms with van der Waals surface area (Å²) in [6, 6.07) is 0.400. The minimum atomic E-state index is -0.239. The molecule has 1 saturated heterocycles. The highest BCUT2D eigenvalue weighted by Crippen LogP contribution is 2.24. The van der Waals surface area contributed by atoms with Crippen molar-refractivity contribution in [2.24, 2.45) is 4.99 Å². The Bertz CT molecular complexity index is 290. The minimum absolute atomic E-state index is 0.0544. The maximum absolute atomic E-state index is 8.91. The van der Waals surface area contributed by atoms with Crippen molar-refractivity contribution in [3.8, 4) is 0 Å². The van der Waals surface area contributed by atoms with Crippen molar-refractivity contribution in [3.63, 3.8) is 0 Å². The van der Waals surface area contributed by atoms with Crippen LogP contribution in [0.1, 0.15) is 19.8 Å². The zero-order valence-corrected chi connectivity index (χ0v) is 10.9. The van der Waals surface area contributed by atoms with Crippen molar-refractivity contribution >= 4 is 5.96 Å². The Labute approximate surface area is 108 Å². The van der Waals surface area contributed by atoms with E-state index in [0.717, 1.165) is 25.3 Å². The quantitative estimate of drug-likeness (QED) is 0.618. The van der Waals surface area contributed by atoms with Crippen molar-refractivity contribution in [2.75, 3.05) is 39.5 Å². The van der Waals surface area contributed by atoms with E-state index in [1.165, 1.54) is 0 Å². The summed E-state index contributed by atoms with van der Waals surface area (Å²) in [5.74, 6) is 0.848. The van der Waals surface area contributed by atoms with E-state index in [1.54, 1.807) is 0 Å². The van der Waals surface area contributed by atoms with Gasteiger partial charge >= 0.3 is 0 Å². The van der Waals surface area contributed by atoms with Crippen LogP contribution in [0.3, 0.4) is 0 Å². The molecule has 2 aliphatic heterocycles. The fraction of sp³-hybridized carbons (Fsp3) is 0.917. The maximum atomic E-state index is 8.91. The number of nitrogens with zero attached hydrogens (tertiary/aromatic N) is 1. The summed E-state index contributed by atoms with van der Waals surface area (Å²) in [7, 11) is 0. The van der Waals surface area contributed by atoms with Gasteiger partial charge in [0.15, 0.2) is 5.96 Å². The smallest absolute Gasteiger partial charge is 0.191 e. The molecular formula is C12H23N3O3. The molecule has 2 heterocycles. The van der Waals surface area contributed by atoms with Gasteiger partial charge in [-0.3, -0.25) is 4.99 Å². The molecule has 0 aromatic rings. The van der Waals surface area contributed by atoms with Crippen LogP contribution in [-0.4, -0.2) is 62.2 Å². The summed E-state index contributed by atoms with van der Waals surface area (Å²) in [5, 5.41) is 15.5. The molecule has 0 aliphatic carbocycles. The van der Waals surface area contributed by atoms with Crippen LogP contribution in [0.2, 0.25) is 0 Å². The van der Waals surface area contributed by atoms with Crippen molar-refractivity contribution in [2.45, 2.75) is 31.4 Å². The molecule has 0 aromatic carbocycles. The van der Waals surface area contributed by atoms with Gasteiger partial charge in [-0.25, -0.2) is 0 Å². The Kier molecular flexibility index (Phi) is 4.79. The summed E-state index contributed by atoms with van der Waals surface area (Å²) < 4.78 is 11.2. The monoisotopic (exact) mass is 257 g/mol. The predicted octanol–water partition coefficient (Wildman–Crippen LogP) is -0.518. The van der Waals surface area contributed by atoms with Crippen molar-refractivity contribution in [3.05, 3.63) is 0 Å². The van der Waals surface area contributed by atoms with Gasteiger partial charge in [-0.2, -0.15) is 0 Å². The number of nitrogens with one attached hydrogen (secondary N) is 2. The molecule has 3 N–H and O–H groups in total. The van der Waals surface area contributed by atoms with Crippen molar-refractivity contribution < 1.29 is 14.6 Å². The number of hydrogen-bond donors (Lipinski definition) is 3. The molecule has 0 spiro atoms. The van der Waals surface area contributed by atoms with E-state index < -0.39 is 0 Å². The van der Waals surface area contributed by atoms with Gasteiger partial charge in [0.2, 0.25) is 0 Å². The molecule has 18 heavy (non-hydrogen) atoms. The molecule has 6 heteroatoms. The van der Waals surface area contributed by atoms with E-state index in [2.05, 4.69) is 22.5 Å². The van der Waals surface area contributed by atoms with E-state index in [9.17, 15) is 0 Å². The fourth-order valence-electron chi connectivity index (χ4n) is 2.28. The van der Waals surface area contributed by atoms with Crippen LogP contribution in [-0.2, 0) is 9.47 Å². The van der Waals surface area contributed by atoms with Crippen LogP contribution < -0.4 is 10.6 Å². The van der Waals surface area contributed by atoms with Gasteiger partial charge in [-0.15, -0.1) is 0 Å². The standard InChI is InChI=1S/C12H23N3O3/c1-10-8-13-11(15-10)14-9-12(18-7-4-16)2-5-17-6-3-12/h10,16H,2-9H2,1H3,(H2,13,14,15). The first-order chi connectivity index (χ1) is 8.74. The highest BCUT2D eigenvalue weighted by molar-refractivity contribution is 5.81. The zero-order valence-electron chi connectivity index (χ0n) is 10.9. The molecule has 2 rings (SSSR count). The molecule has 104 valence electrons. The lowest BCUT2D eigenvalue weighted by Gasteiger charge is -2.37. The van der Waals surface area contributed by atoms with E-state index in [4.69, 9.17) is 14.6 Å². The second-order valence-corrected chi connectivity index (χ2v) is 4.96. The molecule has 1 fully saturated rings. The lowest BCUT2D eigenvalue weighted by molar-refractivity contribution is -0.113. The van der Waals surface area contributed by atoms with E-state index in [-0.39, 0.29) is 12.2 Å². The topological polar surface area (TPSA) is 75.1 Å². The molecule has 1 unspecified atom stereocenters. The lowest BCUT2D eigenvalue weighted by Crippen LogP contribution is -2.51. The molecule has 0 radical (unpaired) electrons. The van der Waals surface area contributed by atoms with Crippen LogP contribution in [0.25, 0.3) is 0 Å². The van der Waals surface area contributed by atoms with E-state index in [1.807, 2.05) is 0 Å². The average Bonchev–Trinajstić information content (AvgIpc) is 2.81. The Hall–Kier alpha value is -0.850. The molecule has 2 aliphatic rings. The molecule has 6 nitrogen and oxygen atoms in total. The summed E-state index contributed by atoms with van der Waals surface area (Å²) in [5.41, 5.74) is -0.239. The van der Waals surface area contributed by atoms with E-state index in [0.29, 0.717) is 32.4 Å². The Balaban J connectivity index is 1.84. The van der Waals surface area contributed by atoms with Gasteiger partial charge in [0.25, 0.3) is 0 Å². The van der Waals surface area contributed by atoms with Crippen LogP contribution in [0.5, 0.6) is 0 Å². The largest absolute Gasteiger partial charge is 0.394 e. The molecular weight excluding hydrogens is 234 g/mol. The molecule has 0 bridgehead atoms. The highest BCUT2D eigenvalue weighted by Gasteiger charge is 2.34. The first-order valence-electron chi connectivity index (χ1n) is 6.61. The number of aliphatic hydroxyl groups excluding tert-OH is 1.